The summed E-state index contributed by atoms with van der Waals surface area (Å²) in [7, 11) is 0. The van der Waals surface area contributed by atoms with Crippen LogP contribution >= 0.6 is 11.3 Å². The second kappa shape index (κ2) is 55.1. The minimum atomic E-state index is -0.870. The third-order valence-corrected chi connectivity index (χ3v) is 12.5. The fourth-order valence-electron chi connectivity index (χ4n) is 7.38. The van der Waals surface area contributed by atoms with Crippen LogP contribution in [0.5, 0.6) is 11.5 Å². The van der Waals surface area contributed by atoms with Gasteiger partial charge in [-0.1, -0.05) is 41.5 Å². The Morgan fingerprint density at radius 3 is 0.951 bits per heavy atom. The Labute approximate surface area is 490 Å². The van der Waals surface area contributed by atoms with Gasteiger partial charge in [0.2, 0.25) is 0 Å². The highest BCUT2D eigenvalue weighted by molar-refractivity contribution is 7.12. The molecule has 0 amide bonds. The summed E-state index contributed by atoms with van der Waals surface area (Å²) in [6.45, 7) is 25.8. The fraction of sp³-hybridized carbons (Fsp3) is 0.931. The first kappa shape index (κ1) is 75.6. The number of aliphatic hydroxyl groups excluding tert-OH is 2. The highest BCUT2D eigenvalue weighted by atomic mass is 32.1. The van der Waals surface area contributed by atoms with E-state index >= 15 is 0 Å². The maximum Gasteiger partial charge on any atom is 0.175 e. The maximum atomic E-state index is 10.8. The lowest BCUT2D eigenvalue weighted by Gasteiger charge is -2.27. The number of ether oxygens (including phenoxy) is 20. The predicted octanol–water partition coefficient (Wildman–Crippen LogP) is 5.69. The molecule has 1 aliphatic rings. The summed E-state index contributed by atoms with van der Waals surface area (Å²) in [5.41, 5.74) is 0. The van der Waals surface area contributed by atoms with E-state index in [-0.39, 0.29) is 85.9 Å². The number of hydrogen-bond donors (Lipinski definition) is 2. The van der Waals surface area contributed by atoms with Gasteiger partial charge in [0, 0.05) is 50.9 Å². The molecule has 2 rings (SSSR count). The SMILES string of the molecule is CCCOCCOCC(O)COC(COCCOCCC)COC(COCCOCCC)COCC(Cc1sc(C)c2c1OCCO2)OCC(COCCOCCC)OCC(COCCOCCC)OCC(O)COCCOCCC. The molecule has 1 aromatic rings. The van der Waals surface area contributed by atoms with Crippen LogP contribution in [0.2, 0.25) is 0 Å². The summed E-state index contributed by atoms with van der Waals surface area (Å²) < 4.78 is 120. The Bertz CT molecular complexity index is 1490. The van der Waals surface area contributed by atoms with Gasteiger partial charge in [0.15, 0.2) is 11.5 Å². The third kappa shape index (κ3) is 42.1. The minimum Gasteiger partial charge on any atom is -0.485 e. The van der Waals surface area contributed by atoms with Crippen molar-refractivity contribution >= 4 is 11.3 Å². The monoisotopic (exact) mass is 1190 g/mol. The highest BCUT2D eigenvalue weighted by Crippen LogP contribution is 2.44. The van der Waals surface area contributed by atoms with Gasteiger partial charge in [-0.25, -0.2) is 0 Å². The summed E-state index contributed by atoms with van der Waals surface area (Å²) >= 11 is 1.61. The summed E-state index contributed by atoms with van der Waals surface area (Å²) in [6.07, 6.45) is 1.57. The van der Waals surface area contributed by atoms with Crippen molar-refractivity contribution in [3.8, 4) is 11.5 Å². The van der Waals surface area contributed by atoms with Crippen LogP contribution in [0.25, 0.3) is 0 Å². The lowest BCUT2D eigenvalue weighted by Crippen LogP contribution is -2.37. The van der Waals surface area contributed by atoms with E-state index in [2.05, 4.69) is 27.7 Å². The van der Waals surface area contributed by atoms with E-state index in [9.17, 15) is 10.2 Å². The number of aliphatic hydroxyl groups is 2. The first-order valence-corrected chi connectivity index (χ1v) is 30.9. The average molecular weight is 1190 g/mol. The Morgan fingerprint density at radius 1 is 0.321 bits per heavy atom. The van der Waals surface area contributed by atoms with Crippen molar-refractivity contribution in [1.29, 1.82) is 0 Å². The van der Waals surface area contributed by atoms with Crippen molar-refractivity contribution in [1.82, 2.24) is 0 Å². The summed E-state index contributed by atoms with van der Waals surface area (Å²) in [6, 6.07) is 0. The van der Waals surface area contributed by atoms with E-state index in [1.165, 1.54) is 0 Å². The van der Waals surface area contributed by atoms with Gasteiger partial charge in [-0.3, -0.25) is 0 Å². The molecule has 480 valence electrons. The van der Waals surface area contributed by atoms with Gasteiger partial charge < -0.3 is 105 Å². The van der Waals surface area contributed by atoms with Crippen molar-refractivity contribution in [2.24, 2.45) is 0 Å². The zero-order valence-electron chi connectivity index (χ0n) is 50.8. The number of fused-ring (bicyclic) bond motifs is 1. The quantitative estimate of drug-likeness (QED) is 0.0747. The molecule has 1 aliphatic heterocycles. The second-order valence-electron chi connectivity index (χ2n) is 19.4. The average Bonchev–Trinajstić information content (AvgIpc) is 3.81. The molecule has 0 fully saturated rings. The molecule has 23 heteroatoms. The van der Waals surface area contributed by atoms with Crippen molar-refractivity contribution in [2.75, 3.05) is 218 Å². The van der Waals surface area contributed by atoms with Gasteiger partial charge in [-0.2, -0.15) is 0 Å². The summed E-state index contributed by atoms with van der Waals surface area (Å²) in [4.78, 5) is 1.99. The van der Waals surface area contributed by atoms with Crippen LogP contribution in [0.1, 0.15) is 89.8 Å². The summed E-state index contributed by atoms with van der Waals surface area (Å²) in [5, 5.41) is 21.5. The van der Waals surface area contributed by atoms with Crippen LogP contribution in [0.3, 0.4) is 0 Å². The maximum absolute atomic E-state index is 10.8. The molecule has 0 radical (unpaired) electrons. The van der Waals surface area contributed by atoms with Crippen LogP contribution in [0, 0.1) is 6.92 Å². The first-order valence-electron chi connectivity index (χ1n) is 30.1. The van der Waals surface area contributed by atoms with Crippen LogP contribution in [0.15, 0.2) is 0 Å². The molecule has 0 aliphatic carbocycles. The van der Waals surface area contributed by atoms with Gasteiger partial charge >= 0.3 is 0 Å². The van der Waals surface area contributed by atoms with Crippen molar-refractivity contribution in [3.05, 3.63) is 9.75 Å². The topological polar surface area (TPSA) is 225 Å². The first-order chi connectivity index (χ1) is 39.8. The molecule has 2 heterocycles. The van der Waals surface area contributed by atoms with Crippen LogP contribution < -0.4 is 9.47 Å². The Kier molecular flexibility index (Phi) is 51.4. The second-order valence-corrected chi connectivity index (χ2v) is 20.7. The van der Waals surface area contributed by atoms with Gasteiger partial charge in [0.25, 0.3) is 0 Å². The molecular weight excluding hydrogens is 1080 g/mol. The standard InChI is InChI=1S/C58H110O22S/c1-8-14-61-20-26-67-35-49(59)37-76-53(41-70-29-23-64-17-11-4)46-79-52(40-69-28-22-63-16-10-3)44-73-39-51(34-56-58-57(48(7)81-56)74-32-33-75-58)78-45-55(43-72-31-25-66-19-13-6)80-47-54(42-71-30-24-65-18-12-5)77-38-50(60)36-68-27-21-62-15-9-2/h49-55,59-60H,8-47H2,1-7H3. The molecule has 7 unspecified atom stereocenters. The Morgan fingerprint density at radius 2 is 0.593 bits per heavy atom. The molecule has 7 atom stereocenters. The van der Waals surface area contributed by atoms with E-state index < -0.39 is 42.7 Å². The van der Waals surface area contributed by atoms with E-state index in [1.54, 1.807) is 11.3 Å². The highest BCUT2D eigenvalue weighted by Gasteiger charge is 2.27. The number of thiophene rings is 1. The van der Waals surface area contributed by atoms with Gasteiger partial charge in [0.1, 0.15) is 49.8 Å². The molecule has 22 nitrogen and oxygen atoms in total. The zero-order valence-corrected chi connectivity index (χ0v) is 51.6. The van der Waals surface area contributed by atoms with E-state index in [1.807, 2.05) is 20.8 Å². The number of rotatable bonds is 63. The smallest absolute Gasteiger partial charge is 0.175 e. The lowest BCUT2D eigenvalue weighted by atomic mass is 10.2. The van der Waals surface area contributed by atoms with E-state index in [0.717, 1.165) is 59.8 Å². The minimum absolute atomic E-state index is 0.00841. The van der Waals surface area contributed by atoms with Gasteiger partial charge in [-0.15, -0.1) is 11.3 Å². The normalized spacial score (nSPS) is 15.3. The van der Waals surface area contributed by atoms with Crippen LogP contribution in [-0.4, -0.2) is 271 Å². The molecular formula is C58H110O22S. The van der Waals surface area contributed by atoms with Gasteiger partial charge in [-0.05, 0) is 45.4 Å². The zero-order chi connectivity index (χ0) is 58.5. The number of aryl methyl sites for hydroxylation is 1. The van der Waals surface area contributed by atoms with Crippen molar-refractivity contribution in [2.45, 2.75) is 136 Å². The third-order valence-electron chi connectivity index (χ3n) is 11.4. The Hall–Kier alpha value is -1.50. The molecule has 81 heavy (non-hydrogen) atoms. The summed E-state index contributed by atoms with van der Waals surface area (Å²) in [5.74, 6) is 1.48. The molecule has 0 spiro atoms. The molecule has 0 bridgehead atoms. The fourth-order valence-corrected chi connectivity index (χ4v) is 8.51. The lowest BCUT2D eigenvalue weighted by molar-refractivity contribution is -0.142. The van der Waals surface area contributed by atoms with Crippen LogP contribution in [0.4, 0.5) is 0 Å². The predicted molar refractivity (Wildman–Crippen MR) is 307 cm³/mol. The van der Waals surface area contributed by atoms with Crippen molar-refractivity contribution in [3.63, 3.8) is 0 Å². The molecule has 0 aromatic carbocycles. The molecule has 0 saturated carbocycles. The Balaban J connectivity index is 2.29. The van der Waals surface area contributed by atoms with Crippen LogP contribution in [-0.2, 0) is 91.7 Å². The number of hydrogen-bond acceptors (Lipinski definition) is 23. The molecule has 1 aromatic heterocycles. The van der Waals surface area contributed by atoms with Gasteiger partial charge in [0.05, 0.1) is 176 Å². The van der Waals surface area contributed by atoms with E-state index in [0.29, 0.717) is 139 Å². The van der Waals surface area contributed by atoms with Crippen molar-refractivity contribution < 1.29 is 105 Å². The van der Waals surface area contributed by atoms with E-state index in [4.69, 9.17) is 94.7 Å². The molecule has 0 saturated heterocycles. The molecule has 2 N–H and O–H groups in total. The largest absolute Gasteiger partial charge is 0.485 e.